The summed E-state index contributed by atoms with van der Waals surface area (Å²) < 4.78 is 10.8. The highest BCUT2D eigenvalue weighted by atomic mass is 16.5. The number of ether oxygens (including phenoxy) is 2. The van der Waals surface area contributed by atoms with E-state index in [1.165, 1.54) is 14.2 Å². The lowest BCUT2D eigenvalue weighted by Crippen LogP contribution is -2.27. The number of hydrogen-bond acceptors (Lipinski definition) is 4. The molecular formula is C10H10N2O3. The van der Waals surface area contributed by atoms with Gasteiger partial charge in [-0.2, -0.15) is 0 Å². The quantitative estimate of drug-likeness (QED) is 0.540. The van der Waals surface area contributed by atoms with E-state index in [0.717, 1.165) is 6.33 Å². The molecule has 5 nitrogen and oxygen atoms in total. The molecule has 0 fully saturated rings. The Bertz CT molecular complexity index is 499. The summed E-state index contributed by atoms with van der Waals surface area (Å²) in [7, 11) is 3.03. The van der Waals surface area contributed by atoms with E-state index < -0.39 is 0 Å². The minimum Gasteiger partial charge on any atom is -0.710 e. The molecule has 15 heavy (non-hydrogen) atoms. The third-order valence-electron chi connectivity index (χ3n) is 2.14. The van der Waals surface area contributed by atoms with Gasteiger partial charge >= 0.3 is 5.88 Å². The Balaban J connectivity index is 2.86. The first-order valence-corrected chi connectivity index (χ1v) is 4.36. The zero-order valence-corrected chi connectivity index (χ0v) is 8.43. The predicted octanol–water partition coefficient (Wildman–Crippen LogP) is 0.885. The molecule has 0 unspecified atom stereocenters. The second-order valence-electron chi connectivity index (χ2n) is 2.94. The number of para-hydroxylation sites is 1. The van der Waals surface area contributed by atoms with Crippen LogP contribution in [0.4, 0.5) is 0 Å². The average Bonchev–Trinajstić information content (AvgIpc) is 2.29. The molecule has 0 amide bonds. The fourth-order valence-electron chi connectivity index (χ4n) is 1.48. The highest BCUT2D eigenvalue weighted by Crippen LogP contribution is 2.26. The Morgan fingerprint density at radius 3 is 2.73 bits per heavy atom. The molecule has 0 saturated heterocycles. The summed E-state index contributed by atoms with van der Waals surface area (Å²) in [6, 6.07) is 5.26. The molecule has 0 aliphatic heterocycles. The van der Waals surface area contributed by atoms with E-state index in [0.29, 0.717) is 27.3 Å². The first kappa shape index (κ1) is 9.51. The lowest BCUT2D eigenvalue weighted by atomic mass is 10.2. The maximum atomic E-state index is 11.5. The Hall–Kier alpha value is -2.04. The maximum absolute atomic E-state index is 11.5. The zero-order valence-electron chi connectivity index (χ0n) is 8.43. The molecule has 2 aromatic rings. The molecule has 2 rings (SSSR count). The van der Waals surface area contributed by atoms with Crippen LogP contribution in [-0.2, 0) is 0 Å². The molecule has 1 heterocycles. The molecule has 0 aliphatic carbocycles. The van der Waals surface area contributed by atoms with Crippen molar-refractivity contribution in [1.29, 1.82) is 0 Å². The molecule has 0 atom stereocenters. The van der Waals surface area contributed by atoms with Crippen molar-refractivity contribution in [1.82, 2.24) is 4.98 Å². The van der Waals surface area contributed by atoms with Crippen molar-refractivity contribution in [2.24, 2.45) is 0 Å². The molecule has 1 aromatic heterocycles. The van der Waals surface area contributed by atoms with Crippen molar-refractivity contribution < 1.29 is 14.2 Å². The van der Waals surface area contributed by atoms with Crippen molar-refractivity contribution in [3.63, 3.8) is 0 Å². The van der Waals surface area contributed by atoms with Gasteiger partial charge in [-0.3, -0.25) is 0 Å². The predicted molar refractivity (Wildman–Crippen MR) is 53.8 cm³/mol. The first-order chi connectivity index (χ1) is 7.27. The van der Waals surface area contributed by atoms with E-state index in [2.05, 4.69) is 4.98 Å². The van der Waals surface area contributed by atoms with Crippen LogP contribution in [0.15, 0.2) is 24.5 Å². The third-order valence-corrected chi connectivity index (χ3v) is 2.14. The van der Waals surface area contributed by atoms with Crippen LogP contribution < -0.4 is 14.2 Å². The molecular weight excluding hydrogens is 196 g/mol. The third kappa shape index (κ3) is 1.41. The van der Waals surface area contributed by atoms with Gasteiger partial charge in [0.25, 0.3) is 6.33 Å². The summed E-state index contributed by atoms with van der Waals surface area (Å²) in [5, 5.41) is 12.2. The van der Waals surface area contributed by atoms with Crippen molar-refractivity contribution in [2.75, 3.05) is 14.2 Å². The van der Waals surface area contributed by atoms with Gasteiger partial charge in [0.05, 0.1) is 14.2 Å². The van der Waals surface area contributed by atoms with Gasteiger partial charge < -0.3 is 14.7 Å². The fourth-order valence-corrected chi connectivity index (χ4v) is 1.48. The van der Waals surface area contributed by atoms with Gasteiger partial charge in [0, 0.05) is 0 Å². The Morgan fingerprint density at radius 1 is 1.27 bits per heavy atom. The van der Waals surface area contributed by atoms with Crippen molar-refractivity contribution >= 4 is 10.9 Å². The maximum Gasteiger partial charge on any atom is 0.339 e. The summed E-state index contributed by atoms with van der Waals surface area (Å²) in [5.74, 6) is 0.916. The van der Waals surface area contributed by atoms with Gasteiger partial charge in [-0.25, -0.2) is 4.73 Å². The fraction of sp³-hybridized carbons (Fsp3) is 0.200. The van der Waals surface area contributed by atoms with Crippen LogP contribution in [0.3, 0.4) is 0 Å². The normalized spacial score (nSPS) is 10.3. The molecule has 0 N–H and O–H groups in total. The Morgan fingerprint density at radius 2 is 2.07 bits per heavy atom. The smallest absolute Gasteiger partial charge is 0.339 e. The largest absolute Gasteiger partial charge is 0.710 e. The van der Waals surface area contributed by atoms with E-state index in [1.54, 1.807) is 18.2 Å². The van der Waals surface area contributed by atoms with Gasteiger partial charge in [-0.05, 0) is 17.1 Å². The molecule has 0 spiro atoms. The molecule has 1 aromatic carbocycles. The summed E-state index contributed by atoms with van der Waals surface area (Å²) >= 11 is 0. The van der Waals surface area contributed by atoms with Crippen LogP contribution in [0.2, 0.25) is 0 Å². The number of benzene rings is 1. The lowest BCUT2D eigenvalue weighted by Gasteiger charge is -2.09. The minimum atomic E-state index is 0.413. The topological polar surface area (TPSA) is 58.3 Å². The van der Waals surface area contributed by atoms with E-state index in [9.17, 15) is 5.21 Å². The number of aromatic nitrogens is 2. The molecule has 0 bridgehead atoms. The van der Waals surface area contributed by atoms with Crippen LogP contribution in [0.5, 0.6) is 11.6 Å². The van der Waals surface area contributed by atoms with Gasteiger partial charge in [-0.1, -0.05) is 6.07 Å². The number of rotatable bonds is 2. The average molecular weight is 206 g/mol. The van der Waals surface area contributed by atoms with Crippen LogP contribution in [0.1, 0.15) is 0 Å². The molecule has 0 aliphatic rings. The van der Waals surface area contributed by atoms with Crippen molar-refractivity contribution in [3.05, 3.63) is 29.7 Å². The number of methoxy groups -OCH3 is 2. The number of nitrogens with zero attached hydrogens (tertiary/aromatic N) is 2. The monoisotopic (exact) mass is 206 g/mol. The molecule has 0 radical (unpaired) electrons. The van der Waals surface area contributed by atoms with Crippen LogP contribution in [0.25, 0.3) is 10.9 Å². The summed E-state index contributed by atoms with van der Waals surface area (Å²) in [6.45, 7) is 0. The first-order valence-electron chi connectivity index (χ1n) is 4.36. The Kier molecular flexibility index (Phi) is 2.29. The van der Waals surface area contributed by atoms with E-state index in [4.69, 9.17) is 9.47 Å². The summed E-state index contributed by atoms with van der Waals surface area (Å²) in [5.41, 5.74) is 0.423. The highest BCUT2D eigenvalue weighted by molar-refractivity contribution is 5.85. The van der Waals surface area contributed by atoms with E-state index in [-0.39, 0.29) is 0 Å². The van der Waals surface area contributed by atoms with E-state index >= 15 is 0 Å². The summed E-state index contributed by atoms with van der Waals surface area (Å²) in [4.78, 5) is 3.87. The second-order valence-corrected chi connectivity index (χ2v) is 2.94. The SMILES string of the molecule is COc1nc[n+]([O-])c2c(OC)cccc12. The standard InChI is InChI=1S/C10H10N2O3/c1-14-8-5-3-4-7-9(8)12(13)6-11-10(7)15-2/h3-6H,1-2H3. The van der Waals surface area contributed by atoms with Gasteiger partial charge in [0.15, 0.2) is 11.3 Å². The van der Waals surface area contributed by atoms with Crippen LogP contribution in [-0.4, -0.2) is 19.2 Å². The van der Waals surface area contributed by atoms with Crippen LogP contribution >= 0.6 is 0 Å². The van der Waals surface area contributed by atoms with Gasteiger partial charge in [0.2, 0.25) is 0 Å². The molecule has 5 heteroatoms. The van der Waals surface area contributed by atoms with Crippen LogP contribution in [0, 0.1) is 5.21 Å². The van der Waals surface area contributed by atoms with Gasteiger partial charge in [-0.15, -0.1) is 0 Å². The molecule has 78 valence electrons. The lowest BCUT2D eigenvalue weighted by molar-refractivity contribution is -0.580. The number of hydrogen-bond donors (Lipinski definition) is 0. The second kappa shape index (κ2) is 3.61. The zero-order chi connectivity index (χ0) is 10.8. The number of fused-ring (bicyclic) bond motifs is 1. The minimum absolute atomic E-state index is 0.413. The summed E-state index contributed by atoms with van der Waals surface area (Å²) in [6.07, 6.45) is 1.16. The van der Waals surface area contributed by atoms with Crippen molar-refractivity contribution in [2.45, 2.75) is 0 Å². The van der Waals surface area contributed by atoms with Gasteiger partial charge in [0.1, 0.15) is 5.39 Å². The Labute approximate surface area is 86.5 Å². The molecule has 0 saturated carbocycles. The highest BCUT2D eigenvalue weighted by Gasteiger charge is 2.15. The van der Waals surface area contributed by atoms with Crippen molar-refractivity contribution in [3.8, 4) is 11.6 Å². The van der Waals surface area contributed by atoms with E-state index in [1.807, 2.05) is 0 Å².